The standard InChI is InChI=1S/C21H13N3O/c1-23-13-24(15-7-3-2-4-8-15)19-11-20-17(10-18(19)23)16-9-5-6-14(12-22)21(16)25-20/h2-11H,1H3. The van der Waals surface area contributed by atoms with Crippen molar-refractivity contribution in [2.75, 3.05) is 0 Å². The summed E-state index contributed by atoms with van der Waals surface area (Å²) >= 11 is 0. The number of hydrogen-bond acceptors (Lipinski definition) is 2. The van der Waals surface area contributed by atoms with E-state index in [4.69, 9.17) is 4.42 Å². The first kappa shape index (κ1) is 13.8. The van der Waals surface area contributed by atoms with Crippen molar-refractivity contribution in [1.29, 1.82) is 5.26 Å². The molecule has 0 fully saturated rings. The second-order valence-corrected chi connectivity index (χ2v) is 6.06. The van der Waals surface area contributed by atoms with Crippen LogP contribution < -0.4 is 4.57 Å². The summed E-state index contributed by atoms with van der Waals surface area (Å²) in [4.78, 5) is 0. The Hall–Kier alpha value is -3.58. The summed E-state index contributed by atoms with van der Waals surface area (Å²) in [7, 11) is 1.98. The first-order valence-electron chi connectivity index (χ1n) is 8.01. The van der Waals surface area contributed by atoms with Crippen LogP contribution in [-0.2, 0) is 7.05 Å². The van der Waals surface area contributed by atoms with E-state index in [2.05, 4.69) is 18.5 Å². The largest absolute Gasteiger partial charge is 0.455 e. The molecule has 3 aromatic carbocycles. The van der Waals surface area contributed by atoms with Gasteiger partial charge in [-0.15, -0.1) is 0 Å². The molecule has 0 saturated carbocycles. The van der Waals surface area contributed by atoms with Gasteiger partial charge in [0.15, 0.2) is 5.58 Å². The number of nitrogens with zero attached hydrogens (tertiary/aromatic N) is 3. The van der Waals surface area contributed by atoms with E-state index in [1.807, 2.05) is 64.7 Å². The molecule has 4 nitrogen and oxygen atoms in total. The molecule has 0 aliphatic carbocycles. The summed E-state index contributed by atoms with van der Waals surface area (Å²) in [5.74, 6) is 0. The average molecular weight is 323 g/mol. The molecule has 0 spiro atoms. The fourth-order valence-electron chi connectivity index (χ4n) is 3.39. The third-order valence-electron chi connectivity index (χ3n) is 4.58. The third-order valence-corrected chi connectivity index (χ3v) is 4.58. The highest BCUT2D eigenvalue weighted by molar-refractivity contribution is 6.09. The van der Waals surface area contributed by atoms with Gasteiger partial charge in [0, 0.05) is 10.8 Å². The minimum absolute atomic E-state index is 0.556. The predicted octanol–water partition coefficient (Wildman–Crippen LogP) is 4.03. The lowest BCUT2D eigenvalue weighted by atomic mass is 10.1. The lowest BCUT2D eigenvalue weighted by Crippen LogP contribution is -2.26. The molecule has 0 unspecified atom stereocenters. The molecule has 0 aliphatic rings. The van der Waals surface area contributed by atoms with Crippen LogP contribution in [0.2, 0.25) is 0 Å². The highest BCUT2D eigenvalue weighted by Crippen LogP contribution is 2.33. The van der Waals surface area contributed by atoms with E-state index in [1.165, 1.54) is 0 Å². The predicted molar refractivity (Wildman–Crippen MR) is 95.3 cm³/mol. The number of aromatic nitrogens is 2. The van der Waals surface area contributed by atoms with Gasteiger partial charge >= 0.3 is 0 Å². The Bertz CT molecular complexity index is 1300. The van der Waals surface area contributed by atoms with Gasteiger partial charge in [-0.1, -0.05) is 48.5 Å². The van der Waals surface area contributed by atoms with Crippen molar-refractivity contribution in [3.63, 3.8) is 0 Å². The van der Waals surface area contributed by atoms with Crippen molar-refractivity contribution in [2.45, 2.75) is 0 Å². The molecular formula is C21H13N3O. The zero-order chi connectivity index (χ0) is 17.0. The fourth-order valence-corrected chi connectivity index (χ4v) is 3.39. The van der Waals surface area contributed by atoms with Crippen LogP contribution in [0.5, 0.6) is 0 Å². The number of furan rings is 1. The lowest BCUT2D eigenvalue weighted by Gasteiger charge is -2.04. The summed E-state index contributed by atoms with van der Waals surface area (Å²) in [5.41, 5.74) is 5.08. The molecule has 4 heteroatoms. The molecule has 0 radical (unpaired) electrons. The summed E-state index contributed by atoms with van der Waals surface area (Å²) in [6.45, 7) is 0. The second-order valence-electron chi connectivity index (χ2n) is 6.06. The van der Waals surface area contributed by atoms with Crippen molar-refractivity contribution in [2.24, 2.45) is 7.05 Å². The summed E-state index contributed by atoms with van der Waals surface area (Å²) in [6.07, 6.45) is 3.34. The van der Waals surface area contributed by atoms with Gasteiger partial charge in [-0.25, -0.2) is 0 Å². The lowest BCUT2D eigenvalue weighted by molar-refractivity contribution is -0.649. The Morgan fingerprint density at radius 3 is 2.68 bits per heavy atom. The van der Waals surface area contributed by atoms with Gasteiger partial charge in [0.05, 0.1) is 29.3 Å². The number of benzene rings is 3. The molecule has 5 aromatic rings. The number of imidazole rings is 1. The average Bonchev–Trinajstić information content (AvgIpc) is 3.18. The molecular weight excluding hydrogens is 310 g/mol. The first-order valence-corrected chi connectivity index (χ1v) is 8.01. The zero-order valence-electron chi connectivity index (χ0n) is 13.5. The second kappa shape index (κ2) is 4.96. The maximum absolute atomic E-state index is 9.32. The van der Waals surface area contributed by atoms with E-state index in [-0.39, 0.29) is 0 Å². The van der Waals surface area contributed by atoms with Gasteiger partial charge in [-0.3, -0.25) is 0 Å². The van der Waals surface area contributed by atoms with Gasteiger partial charge in [0.25, 0.3) is 0 Å². The van der Waals surface area contributed by atoms with Crippen LogP contribution in [0, 0.1) is 17.7 Å². The molecule has 0 aliphatic heterocycles. The number of aryl methyl sites for hydroxylation is 1. The number of nitriles is 1. The van der Waals surface area contributed by atoms with Crippen molar-refractivity contribution in [3.05, 3.63) is 72.6 Å². The SMILES string of the molecule is C[n+]1[c-]n(-c2ccccc2)c2cc3oc4c(C#N)cccc4c3cc21. The van der Waals surface area contributed by atoms with Crippen LogP contribution in [0.15, 0.2) is 65.1 Å². The van der Waals surface area contributed by atoms with Crippen LogP contribution in [-0.4, -0.2) is 4.57 Å². The van der Waals surface area contributed by atoms with Crippen LogP contribution in [0.4, 0.5) is 0 Å². The van der Waals surface area contributed by atoms with Crippen LogP contribution in [0.25, 0.3) is 38.7 Å². The molecule has 0 atom stereocenters. The summed E-state index contributed by atoms with van der Waals surface area (Å²) < 4.78 is 10.0. The first-order chi connectivity index (χ1) is 12.3. The van der Waals surface area contributed by atoms with Crippen LogP contribution >= 0.6 is 0 Å². The van der Waals surface area contributed by atoms with Gasteiger partial charge in [0.2, 0.25) is 6.33 Å². The Morgan fingerprint density at radius 2 is 1.88 bits per heavy atom. The topological polar surface area (TPSA) is 45.7 Å². The molecule has 2 heterocycles. The van der Waals surface area contributed by atoms with E-state index in [9.17, 15) is 5.26 Å². The Balaban J connectivity index is 1.91. The summed E-state index contributed by atoms with van der Waals surface area (Å²) in [5, 5.41) is 11.3. The number of para-hydroxylation sites is 2. The number of fused-ring (bicyclic) bond motifs is 4. The van der Waals surface area contributed by atoms with E-state index < -0.39 is 0 Å². The quantitative estimate of drug-likeness (QED) is 0.345. The maximum atomic E-state index is 9.32. The summed E-state index contributed by atoms with van der Waals surface area (Å²) in [6, 6.07) is 22.1. The molecule has 118 valence electrons. The van der Waals surface area contributed by atoms with Crippen molar-refractivity contribution >= 4 is 33.0 Å². The fraction of sp³-hybridized carbons (Fsp3) is 0.0476. The minimum atomic E-state index is 0.556. The molecule has 0 amide bonds. The highest BCUT2D eigenvalue weighted by atomic mass is 16.3. The minimum Gasteiger partial charge on any atom is -0.455 e. The van der Waals surface area contributed by atoms with Gasteiger partial charge in [-0.2, -0.15) is 5.26 Å². The Labute approximate surface area is 143 Å². The molecule has 25 heavy (non-hydrogen) atoms. The number of hydrogen-bond donors (Lipinski definition) is 0. The molecule has 0 bridgehead atoms. The normalized spacial score (nSPS) is 11.4. The van der Waals surface area contributed by atoms with Crippen molar-refractivity contribution < 1.29 is 8.98 Å². The van der Waals surface area contributed by atoms with E-state index >= 15 is 0 Å². The van der Waals surface area contributed by atoms with Gasteiger partial charge in [0.1, 0.15) is 11.7 Å². The molecule has 5 rings (SSSR count). The Morgan fingerprint density at radius 1 is 1.04 bits per heavy atom. The van der Waals surface area contributed by atoms with E-state index in [0.717, 1.165) is 33.1 Å². The van der Waals surface area contributed by atoms with E-state index in [0.29, 0.717) is 11.1 Å². The maximum Gasteiger partial charge on any atom is 0.244 e. The van der Waals surface area contributed by atoms with Gasteiger partial charge in [-0.05, 0) is 12.1 Å². The van der Waals surface area contributed by atoms with Crippen molar-refractivity contribution in [3.8, 4) is 11.8 Å². The smallest absolute Gasteiger partial charge is 0.244 e. The molecule has 0 saturated heterocycles. The van der Waals surface area contributed by atoms with Crippen molar-refractivity contribution in [1.82, 2.24) is 4.57 Å². The molecule has 0 N–H and O–H groups in total. The Kier molecular flexibility index (Phi) is 2.74. The van der Waals surface area contributed by atoms with Gasteiger partial charge < -0.3 is 13.6 Å². The molecule has 2 aromatic heterocycles. The monoisotopic (exact) mass is 323 g/mol. The third kappa shape index (κ3) is 1.90. The highest BCUT2D eigenvalue weighted by Gasteiger charge is 2.14. The van der Waals surface area contributed by atoms with E-state index in [1.54, 1.807) is 6.07 Å². The van der Waals surface area contributed by atoms with Crippen LogP contribution in [0.3, 0.4) is 0 Å². The number of rotatable bonds is 1. The zero-order valence-corrected chi connectivity index (χ0v) is 13.5. The van der Waals surface area contributed by atoms with Crippen LogP contribution in [0.1, 0.15) is 5.56 Å².